The first-order chi connectivity index (χ1) is 15.8. The molecule has 0 radical (unpaired) electrons. The van der Waals surface area contributed by atoms with E-state index in [0.717, 1.165) is 31.4 Å². The van der Waals surface area contributed by atoms with E-state index in [1.54, 1.807) is 60.3 Å². The summed E-state index contributed by atoms with van der Waals surface area (Å²) in [5.41, 5.74) is 1.38. The highest BCUT2D eigenvalue weighted by atomic mass is 79.9. The second-order valence-electron chi connectivity index (χ2n) is 7.31. The van der Waals surface area contributed by atoms with E-state index in [1.807, 2.05) is 31.2 Å². The third-order valence-electron chi connectivity index (χ3n) is 4.74. The van der Waals surface area contributed by atoms with Gasteiger partial charge in [0.2, 0.25) is 5.91 Å². The van der Waals surface area contributed by atoms with Crippen LogP contribution in [0, 0.1) is 6.92 Å². The largest absolute Gasteiger partial charge is 0.354 e. The molecule has 9 heteroatoms. The zero-order chi connectivity index (χ0) is 23.8. The van der Waals surface area contributed by atoms with Gasteiger partial charge in [-0.25, -0.2) is 8.42 Å². The van der Waals surface area contributed by atoms with Crippen LogP contribution in [0.2, 0.25) is 5.02 Å². The molecule has 3 aromatic carbocycles. The number of anilines is 1. The molecule has 0 aliphatic rings. The Kier molecular flexibility index (Phi) is 9.26. The molecule has 33 heavy (non-hydrogen) atoms. The average molecular weight is 568 g/mol. The number of benzene rings is 3. The normalized spacial score (nSPS) is 11.2. The SMILES string of the molecule is Cc1ccc(S(=O)(=O)N(CC(=O)NCCCSc2ccc(Cl)cc2)c2ccc(Br)cc2)cc1. The van der Waals surface area contributed by atoms with Gasteiger partial charge in [0.15, 0.2) is 0 Å². The lowest BCUT2D eigenvalue weighted by Gasteiger charge is -2.24. The molecule has 0 atom stereocenters. The molecular weight excluding hydrogens is 544 g/mol. The zero-order valence-electron chi connectivity index (χ0n) is 18.0. The van der Waals surface area contributed by atoms with Gasteiger partial charge in [0.05, 0.1) is 10.6 Å². The number of hydrogen-bond donors (Lipinski definition) is 1. The number of nitrogens with one attached hydrogen (secondary N) is 1. The molecule has 174 valence electrons. The first-order valence-electron chi connectivity index (χ1n) is 10.3. The summed E-state index contributed by atoms with van der Waals surface area (Å²) >= 11 is 10.9. The van der Waals surface area contributed by atoms with Crippen molar-refractivity contribution in [3.05, 3.63) is 87.9 Å². The molecule has 0 fully saturated rings. The Bertz CT molecular complexity index is 1170. The second-order valence-corrected chi connectivity index (χ2v) is 11.7. The van der Waals surface area contributed by atoms with Crippen LogP contribution in [0.5, 0.6) is 0 Å². The maximum Gasteiger partial charge on any atom is 0.264 e. The van der Waals surface area contributed by atoms with Gasteiger partial charge < -0.3 is 5.32 Å². The lowest BCUT2D eigenvalue weighted by Crippen LogP contribution is -2.41. The predicted octanol–water partition coefficient (Wildman–Crippen LogP) is 5.90. The van der Waals surface area contributed by atoms with Crippen molar-refractivity contribution in [3.63, 3.8) is 0 Å². The third-order valence-corrected chi connectivity index (χ3v) is 8.40. The van der Waals surface area contributed by atoms with E-state index >= 15 is 0 Å². The summed E-state index contributed by atoms with van der Waals surface area (Å²) in [6.45, 7) is 2.04. The second kappa shape index (κ2) is 11.9. The summed E-state index contributed by atoms with van der Waals surface area (Å²) in [5.74, 6) is 0.463. The fourth-order valence-corrected chi connectivity index (χ4v) is 5.63. The molecule has 5 nitrogen and oxygen atoms in total. The average Bonchev–Trinajstić information content (AvgIpc) is 2.79. The number of nitrogens with zero attached hydrogens (tertiary/aromatic N) is 1. The van der Waals surface area contributed by atoms with Crippen molar-refractivity contribution in [1.29, 1.82) is 0 Å². The molecule has 0 spiro atoms. The number of sulfonamides is 1. The Balaban J connectivity index is 1.63. The number of hydrogen-bond acceptors (Lipinski definition) is 4. The minimum atomic E-state index is -3.91. The highest BCUT2D eigenvalue weighted by molar-refractivity contribution is 9.10. The number of halogens is 2. The van der Waals surface area contributed by atoms with Crippen LogP contribution in [-0.2, 0) is 14.8 Å². The van der Waals surface area contributed by atoms with Gasteiger partial charge in [0, 0.05) is 20.9 Å². The highest BCUT2D eigenvalue weighted by Crippen LogP contribution is 2.25. The minimum Gasteiger partial charge on any atom is -0.354 e. The van der Waals surface area contributed by atoms with Crippen molar-refractivity contribution < 1.29 is 13.2 Å². The number of thioether (sulfide) groups is 1. The molecule has 0 bridgehead atoms. The summed E-state index contributed by atoms with van der Waals surface area (Å²) in [5, 5.41) is 3.53. The Morgan fingerprint density at radius 3 is 2.27 bits per heavy atom. The van der Waals surface area contributed by atoms with Gasteiger partial charge in [0.25, 0.3) is 10.0 Å². The van der Waals surface area contributed by atoms with E-state index in [-0.39, 0.29) is 17.3 Å². The smallest absolute Gasteiger partial charge is 0.264 e. The summed E-state index contributed by atoms with van der Waals surface area (Å²) in [7, 11) is -3.91. The summed E-state index contributed by atoms with van der Waals surface area (Å²) in [6, 6.07) is 21.0. The maximum atomic E-state index is 13.3. The summed E-state index contributed by atoms with van der Waals surface area (Å²) in [4.78, 5) is 13.9. The zero-order valence-corrected chi connectivity index (χ0v) is 22.0. The van der Waals surface area contributed by atoms with E-state index in [0.29, 0.717) is 17.3 Å². The molecule has 0 heterocycles. The topological polar surface area (TPSA) is 66.5 Å². The molecule has 0 aliphatic heterocycles. The Labute approximate surface area is 212 Å². The van der Waals surface area contributed by atoms with Crippen LogP contribution in [-0.4, -0.2) is 33.2 Å². The van der Waals surface area contributed by atoms with Gasteiger partial charge in [-0.2, -0.15) is 0 Å². The van der Waals surface area contributed by atoms with Crippen molar-refractivity contribution in [2.24, 2.45) is 0 Å². The first-order valence-corrected chi connectivity index (χ1v) is 13.9. The third kappa shape index (κ3) is 7.50. The number of amides is 1. The monoisotopic (exact) mass is 566 g/mol. The predicted molar refractivity (Wildman–Crippen MR) is 140 cm³/mol. The Morgan fingerprint density at radius 2 is 1.64 bits per heavy atom. The molecule has 0 unspecified atom stereocenters. The molecule has 3 aromatic rings. The standard InChI is InChI=1S/C24H24BrClN2O3S2/c1-18-3-13-23(14-4-18)33(30,31)28(21-9-5-19(25)6-10-21)17-24(29)27-15-2-16-32-22-11-7-20(26)8-12-22/h3-14H,2,15-17H2,1H3,(H,27,29). The van der Waals surface area contributed by atoms with Gasteiger partial charge in [0.1, 0.15) is 6.54 Å². The van der Waals surface area contributed by atoms with Crippen LogP contribution in [0.1, 0.15) is 12.0 Å². The number of carbonyl (C=O) groups is 1. The van der Waals surface area contributed by atoms with Gasteiger partial charge in [-0.1, -0.05) is 45.2 Å². The van der Waals surface area contributed by atoms with E-state index in [9.17, 15) is 13.2 Å². The molecular formula is C24H24BrClN2O3S2. The molecule has 1 amide bonds. The lowest BCUT2D eigenvalue weighted by molar-refractivity contribution is -0.119. The minimum absolute atomic E-state index is 0.142. The van der Waals surface area contributed by atoms with Crippen LogP contribution in [0.25, 0.3) is 0 Å². The first kappa shape index (κ1) is 25.6. The van der Waals surface area contributed by atoms with Crippen molar-refractivity contribution in [2.45, 2.75) is 23.1 Å². The Hall–Kier alpha value is -2.00. The molecule has 0 aliphatic carbocycles. The van der Waals surface area contributed by atoms with Crippen LogP contribution >= 0.6 is 39.3 Å². The van der Waals surface area contributed by atoms with Crippen LogP contribution in [0.4, 0.5) is 5.69 Å². The van der Waals surface area contributed by atoms with E-state index in [2.05, 4.69) is 21.2 Å². The van der Waals surface area contributed by atoms with Crippen LogP contribution in [0.15, 0.2) is 87.1 Å². The van der Waals surface area contributed by atoms with Crippen LogP contribution in [0.3, 0.4) is 0 Å². The van der Waals surface area contributed by atoms with Crippen molar-refractivity contribution >= 4 is 60.9 Å². The van der Waals surface area contributed by atoms with E-state index < -0.39 is 10.0 Å². The summed E-state index contributed by atoms with van der Waals surface area (Å²) in [6.07, 6.45) is 0.752. The van der Waals surface area contributed by atoms with Crippen molar-refractivity contribution in [1.82, 2.24) is 5.32 Å². The van der Waals surface area contributed by atoms with Crippen molar-refractivity contribution in [3.8, 4) is 0 Å². The van der Waals surface area contributed by atoms with E-state index in [1.165, 1.54) is 0 Å². The number of carbonyl (C=O) groups excluding carboxylic acids is 1. The Morgan fingerprint density at radius 1 is 1.00 bits per heavy atom. The molecule has 0 saturated heterocycles. The number of rotatable bonds is 10. The van der Waals surface area contributed by atoms with Crippen molar-refractivity contribution in [2.75, 3.05) is 23.1 Å². The van der Waals surface area contributed by atoms with Gasteiger partial charge in [-0.15, -0.1) is 11.8 Å². The molecule has 0 aromatic heterocycles. The molecule has 3 rings (SSSR count). The molecule has 0 saturated carbocycles. The van der Waals surface area contributed by atoms with Crippen LogP contribution < -0.4 is 9.62 Å². The fourth-order valence-electron chi connectivity index (χ4n) is 2.97. The lowest BCUT2D eigenvalue weighted by atomic mass is 10.2. The van der Waals surface area contributed by atoms with E-state index in [4.69, 9.17) is 11.6 Å². The van der Waals surface area contributed by atoms with Gasteiger partial charge in [-0.3, -0.25) is 9.10 Å². The summed E-state index contributed by atoms with van der Waals surface area (Å²) < 4.78 is 28.6. The number of aryl methyl sites for hydroxylation is 1. The van der Waals surface area contributed by atoms with Gasteiger partial charge in [-0.05, 0) is 79.8 Å². The maximum absolute atomic E-state index is 13.3. The highest BCUT2D eigenvalue weighted by Gasteiger charge is 2.27. The quantitative estimate of drug-likeness (QED) is 0.245. The van der Waals surface area contributed by atoms with Gasteiger partial charge >= 0.3 is 0 Å². The molecule has 1 N–H and O–H groups in total. The fraction of sp³-hybridized carbons (Fsp3) is 0.208.